The average Bonchev–Trinajstić information content (AvgIpc) is 2.89. The molecule has 0 radical (unpaired) electrons. The van der Waals surface area contributed by atoms with Gasteiger partial charge in [-0.15, -0.1) is 0 Å². The van der Waals surface area contributed by atoms with Crippen LogP contribution in [0.5, 0.6) is 0 Å². The number of hydrogen-bond acceptors (Lipinski definition) is 2. The molecule has 2 unspecified atom stereocenters. The summed E-state index contributed by atoms with van der Waals surface area (Å²) in [7, 11) is 0. The zero-order chi connectivity index (χ0) is 14.7. The maximum atomic E-state index is 13.7. The fourth-order valence-corrected chi connectivity index (χ4v) is 2.38. The van der Waals surface area contributed by atoms with E-state index in [-0.39, 0.29) is 5.56 Å². The molecule has 1 aromatic heterocycles. The summed E-state index contributed by atoms with van der Waals surface area (Å²) < 4.78 is 16.3. The molecule has 0 aliphatic heterocycles. The summed E-state index contributed by atoms with van der Waals surface area (Å²) in [6.45, 7) is 4.18. The van der Waals surface area contributed by atoms with Crippen LogP contribution in [0.1, 0.15) is 43.7 Å². The van der Waals surface area contributed by atoms with Crippen LogP contribution in [0.25, 0.3) is 0 Å². The second-order valence-electron chi connectivity index (χ2n) is 4.93. The highest BCUT2D eigenvalue weighted by atomic mass is 79.9. The van der Waals surface area contributed by atoms with Gasteiger partial charge in [-0.1, -0.05) is 22.9 Å². The van der Waals surface area contributed by atoms with Gasteiger partial charge in [-0.3, -0.25) is 4.68 Å². The summed E-state index contributed by atoms with van der Waals surface area (Å²) in [5.74, 6) is -0.401. The Morgan fingerprint density at radius 2 is 2.15 bits per heavy atom. The van der Waals surface area contributed by atoms with Crippen molar-refractivity contribution in [2.75, 3.05) is 0 Å². The van der Waals surface area contributed by atoms with E-state index >= 15 is 0 Å². The first-order valence-corrected chi connectivity index (χ1v) is 7.47. The van der Waals surface area contributed by atoms with Gasteiger partial charge in [0.1, 0.15) is 5.82 Å². The van der Waals surface area contributed by atoms with Crippen molar-refractivity contribution < 1.29 is 9.50 Å². The van der Waals surface area contributed by atoms with Crippen molar-refractivity contribution in [1.29, 1.82) is 0 Å². The Kier molecular flexibility index (Phi) is 4.94. The smallest absolute Gasteiger partial charge is 0.129 e. The summed E-state index contributed by atoms with van der Waals surface area (Å²) in [5, 5.41) is 14.6. The molecular formula is C15H18BrFN2O. The maximum Gasteiger partial charge on any atom is 0.129 e. The van der Waals surface area contributed by atoms with Crippen LogP contribution in [0.3, 0.4) is 0 Å². The Balaban J connectivity index is 2.13. The largest absolute Gasteiger partial charge is 0.388 e. The molecule has 0 saturated carbocycles. The molecule has 2 aromatic rings. The van der Waals surface area contributed by atoms with Crippen LogP contribution in [0, 0.1) is 5.82 Å². The van der Waals surface area contributed by atoms with Gasteiger partial charge in [0.2, 0.25) is 0 Å². The van der Waals surface area contributed by atoms with Gasteiger partial charge in [-0.25, -0.2) is 4.39 Å². The van der Waals surface area contributed by atoms with E-state index in [9.17, 15) is 9.50 Å². The van der Waals surface area contributed by atoms with Gasteiger partial charge in [0.05, 0.1) is 11.8 Å². The molecular weight excluding hydrogens is 323 g/mol. The lowest BCUT2D eigenvalue weighted by Crippen LogP contribution is -2.08. The zero-order valence-electron chi connectivity index (χ0n) is 11.6. The lowest BCUT2D eigenvalue weighted by molar-refractivity contribution is 0.172. The van der Waals surface area contributed by atoms with Crippen LogP contribution < -0.4 is 0 Å². The van der Waals surface area contributed by atoms with Gasteiger partial charge in [0.25, 0.3) is 0 Å². The molecule has 3 nitrogen and oxygen atoms in total. The first kappa shape index (κ1) is 15.2. The SMILES string of the molecule is CCC(C)n1ccc(CC(O)c2cc(Br)ccc2F)n1. The molecule has 0 aliphatic carbocycles. The summed E-state index contributed by atoms with van der Waals surface area (Å²) in [5.41, 5.74) is 1.05. The Labute approximate surface area is 126 Å². The molecule has 0 spiro atoms. The van der Waals surface area contributed by atoms with Crippen molar-refractivity contribution in [3.05, 3.63) is 52.0 Å². The van der Waals surface area contributed by atoms with Crippen molar-refractivity contribution in [3.63, 3.8) is 0 Å². The standard InChI is InChI=1S/C15H18BrFN2O/c1-3-10(2)19-7-6-12(18-19)9-15(20)13-8-11(16)4-5-14(13)17/h4-8,10,15,20H,3,9H2,1-2H3. The Morgan fingerprint density at radius 1 is 1.40 bits per heavy atom. The van der Waals surface area contributed by atoms with E-state index in [0.717, 1.165) is 16.6 Å². The summed E-state index contributed by atoms with van der Waals surface area (Å²) in [6, 6.07) is 6.75. The van der Waals surface area contributed by atoms with E-state index in [1.165, 1.54) is 6.07 Å². The van der Waals surface area contributed by atoms with Crippen molar-refractivity contribution in [3.8, 4) is 0 Å². The van der Waals surface area contributed by atoms with Crippen molar-refractivity contribution in [2.24, 2.45) is 0 Å². The predicted molar refractivity (Wildman–Crippen MR) is 80.0 cm³/mol. The quantitative estimate of drug-likeness (QED) is 0.892. The minimum Gasteiger partial charge on any atom is -0.388 e. The van der Waals surface area contributed by atoms with Gasteiger partial charge in [-0.2, -0.15) is 5.10 Å². The van der Waals surface area contributed by atoms with Crippen LogP contribution >= 0.6 is 15.9 Å². The number of aromatic nitrogens is 2. The predicted octanol–water partition coefficient (Wildman–Crippen LogP) is 4.03. The Morgan fingerprint density at radius 3 is 2.85 bits per heavy atom. The summed E-state index contributed by atoms with van der Waals surface area (Å²) >= 11 is 3.29. The highest BCUT2D eigenvalue weighted by Crippen LogP contribution is 2.24. The molecule has 5 heteroatoms. The van der Waals surface area contributed by atoms with Crippen molar-refractivity contribution in [1.82, 2.24) is 9.78 Å². The van der Waals surface area contributed by atoms with Crippen LogP contribution in [0.2, 0.25) is 0 Å². The van der Waals surface area contributed by atoms with Gasteiger partial charge in [-0.05, 0) is 37.6 Å². The second kappa shape index (κ2) is 6.50. The number of benzene rings is 1. The van der Waals surface area contributed by atoms with E-state index < -0.39 is 11.9 Å². The van der Waals surface area contributed by atoms with Crippen LogP contribution in [-0.2, 0) is 6.42 Å². The number of rotatable bonds is 5. The van der Waals surface area contributed by atoms with Gasteiger partial charge in [0, 0.05) is 28.7 Å². The molecule has 0 aliphatic rings. The van der Waals surface area contributed by atoms with Gasteiger partial charge in [0.15, 0.2) is 0 Å². The van der Waals surface area contributed by atoms with Crippen LogP contribution in [0.4, 0.5) is 4.39 Å². The summed E-state index contributed by atoms with van der Waals surface area (Å²) in [4.78, 5) is 0. The number of aliphatic hydroxyl groups is 1. The third kappa shape index (κ3) is 3.46. The summed E-state index contributed by atoms with van der Waals surface area (Å²) in [6.07, 6.45) is 2.29. The highest BCUT2D eigenvalue weighted by molar-refractivity contribution is 9.10. The first-order valence-electron chi connectivity index (χ1n) is 6.68. The number of halogens is 2. The third-order valence-electron chi connectivity index (χ3n) is 3.43. The molecule has 1 N–H and O–H groups in total. The lowest BCUT2D eigenvalue weighted by Gasteiger charge is -2.12. The fraction of sp³-hybridized carbons (Fsp3) is 0.400. The molecule has 2 atom stereocenters. The van der Waals surface area contributed by atoms with E-state index in [2.05, 4.69) is 34.9 Å². The van der Waals surface area contributed by atoms with Gasteiger partial charge < -0.3 is 5.11 Å². The number of hydrogen-bond donors (Lipinski definition) is 1. The number of nitrogens with zero attached hydrogens (tertiary/aromatic N) is 2. The molecule has 1 aromatic carbocycles. The normalized spacial score (nSPS) is 14.2. The first-order chi connectivity index (χ1) is 9.51. The zero-order valence-corrected chi connectivity index (χ0v) is 13.1. The molecule has 0 fully saturated rings. The molecule has 108 valence electrons. The molecule has 1 heterocycles. The second-order valence-corrected chi connectivity index (χ2v) is 5.85. The third-order valence-corrected chi connectivity index (χ3v) is 3.92. The topological polar surface area (TPSA) is 38.0 Å². The Hall–Kier alpha value is -1.20. The minimum atomic E-state index is -0.896. The molecule has 2 rings (SSSR count). The number of aliphatic hydroxyl groups excluding tert-OH is 1. The van der Waals surface area contributed by atoms with Crippen molar-refractivity contribution >= 4 is 15.9 Å². The van der Waals surface area contributed by atoms with E-state index in [0.29, 0.717) is 12.5 Å². The average molecular weight is 341 g/mol. The van der Waals surface area contributed by atoms with E-state index in [1.807, 2.05) is 16.9 Å². The minimum absolute atomic E-state index is 0.289. The van der Waals surface area contributed by atoms with Crippen molar-refractivity contribution in [2.45, 2.75) is 38.8 Å². The molecule has 0 saturated heterocycles. The lowest BCUT2D eigenvalue weighted by atomic mass is 10.0. The fourth-order valence-electron chi connectivity index (χ4n) is 2.00. The van der Waals surface area contributed by atoms with Gasteiger partial charge >= 0.3 is 0 Å². The van der Waals surface area contributed by atoms with Crippen LogP contribution in [0.15, 0.2) is 34.9 Å². The van der Waals surface area contributed by atoms with Crippen LogP contribution in [-0.4, -0.2) is 14.9 Å². The van der Waals surface area contributed by atoms with E-state index in [4.69, 9.17) is 0 Å². The monoisotopic (exact) mass is 340 g/mol. The maximum absolute atomic E-state index is 13.7. The Bertz CT molecular complexity index is 585. The van der Waals surface area contributed by atoms with E-state index in [1.54, 1.807) is 12.1 Å². The highest BCUT2D eigenvalue weighted by Gasteiger charge is 2.16. The molecule has 20 heavy (non-hydrogen) atoms. The molecule has 0 bridgehead atoms. The molecule has 0 amide bonds.